The molecular formula is C14H27N3. The SMILES string of the molecule is CC(C)CCN(C(N)=NC1CCCC1)C1CC1. The fourth-order valence-electron chi connectivity index (χ4n) is 2.56. The molecule has 2 rings (SSSR count). The van der Waals surface area contributed by atoms with Crippen LogP contribution >= 0.6 is 0 Å². The van der Waals surface area contributed by atoms with Crippen molar-refractivity contribution < 1.29 is 0 Å². The van der Waals surface area contributed by atoms with Crippen molar-refractivity contribution >= 4 is 5.96 Å². The second kappa shape index (κ2) is 5.74. The molecule has 0 spiro atoms. The molecule has 17 heavy (non-hydrogen) atoms. The quantitative estimate of drug-likeness (QED) is 0.590. The van der Waals surface area contributed by atoms with Crippen molar-refractivity contribution in [1.82, 2.24) is 4.90 Å². The van der Waals surface area contributed by atoms with Crippen LogP contribution in [-0.4, -0.2) is 29.5 Å². The Labute approximate surface area is 105 Å². The van der Waals surface area contributed by atoms with Crippen LogP contribution in [0.4, 0.5) is 0 Å². The Morgan fingerprint density at radius 2 is 1.88 bits per heavy atom. The van der Waals surface area contributed by atoms with Gasteiger partial charge >= 0.3 is 0 Å². The average molecular weight is 237 g/mol. The maximum Gasteiger partial charge on any atom is 0.191 e. The first-order valence-corrected chi connectivity index (χ1v) is 7.26. The molecule has 0 bridgehead atoms. The highest BCUT2D eigenvalue weighted by Gasteiger charge is 2.30. The van der Waals surface area contributed by atoms with Gasteiger partial charge < -0.3 is 10.6 Å². The second-order valence-corrected chi connectivity index (χ2v) is 6.03. The van der Waals surface area contributed by atoms with Crippen LogP contribution in [0, 0.1) is 5.92 Å². The summed E-state index contributed by atoms with van der Waals surface area (Å²) in [4.78, 5) is 7.10. The van der Waals surface area contributed by atoms with Crippen LogP contribution in [0.25, 0.3) is 0 Å². The molecule has 0 aromatic carbocycles. The van der Waals surface area contributed by atoms with Gasteiger partial charge in [0.05, 0.1) is 6.04 Å². The molecule has 0 atom stereocenters. The molecule has 3 heteroatoms. The predicted octanol–water partition coefficient (Wildman–Crippen LogP) is 2.75. The second-order valence-electron chi connectivity index (χ2n) is 6.03. The number of nitrogens with two attached hydrogens (primary N) is 1. The summed E-state index contributed by atoms with van der Waals surface area (Å²) in [6, 6.07) is 1.20. The van der Waals surface area contributed by atoms with E-state index in [9.17, 15) is 0 Å². The molecule has 0 aliphatic heterocycles. The zero-order valence-electron chi connectivity index (χ0n) is 11.4. The summed E-state index contributed by atoms with van der Waals surface area (Å²) in [7, 11) is 0. The molecule has 2 aliphatic rings. The third-order valence-electron chi connectivity index (χ3n) is 3.87. The zero-order chi connectivity index (χ0) is 12.3. The van der Waals surface area contributed by atoms with Crippen LogP contribution in [0.5, 0.6) is 0 Å². The van der Waals surface area contributed by atoms with Gasteiger partial charge in [-0.1, -0.05) is 26.7 Å². The van der Waals surface area contributed by atoms with E-state index in [1.54, 1.807) is 0 Å². The van der Waals surface area contributed by atoms with Crippen molar-refractivity contribution in [3.63, 3.8) is 0 Å². The molecule has 0 unspecified atom stereocenters. The first kappa shape index (κ1) is 12.7. The summed E-state index contributed by atoms with van der Waals surface area (Å²) >= 11 is 0. The summed E-state index contributed by atoms with van der Waals surface area (Å²) in [5.74, 6) is 1.57. The van der Waals surface area contributed by atoms with Gasteiger partial charge in [-0.25, -0.2) is 4.99 Å². The Hall–Kier alpha value is -0.730. The van der Waals surface area contributed by atoms with E-state index in [2.05, 4.69) is 18.7 Å². The molecule has 2 aliphatic carbocycles. The van der Waals surface area contributed by atoms with E-state index in [1.165, 1.54) is 44.9 Å². The largest absolute Gasteiger partial charge is 0.370 e. The van der Waals surface area contributed by atoms with Crippen molar-refractivity contribution in [2.24, 2.45) is 16.6 Å². The van der Waals surface area contributed by atoms with E-state index in [0.29, 0.717) is 12.1 Å². The Kier molecular flexibility index (Phi) is 4.30. The maximum absolute atomic E-state index is 6.20. The molecule has 2 N–H and O–H groups in total. The van der Waals surface area contributed by atoms with Crippen LogP contribution < -0.4 is 5.73 Å². The Balaban J connectivity index is 1.89. The molecule has 2 fully saturated rings. The van der Waals surface area contributed by atoms with Crippen LogP contribution in [0.3, 0.4) is 0 Å². The van der Waals surface area contributed by atoms with Crippen LogP contribution in [0.1, 0.15) is 58.8 Å². The van der Waals surface area contributed by atoms with Gasteiger partial charge in [0.25, 0.3) is 0 Å². The predicted molar refractivity (Wildman–Crippen MR) is 73.1 cm³/mol. The number of guanidine groups is 1. The van der Waals surface area contributed by atoms with E-state index >= 15 is 0 Å². The molecular weight excluding hydrogens is 210 g/mol. The Morgan fingerprint density at radius 3 is 2.41 bits per heavy atom. The third-order valence-corrected chi connectivity index (χ3v) is 3.87. The summed E-state index contributed by atoms with van der Waals surface area (Å²) in [6.45, 7) is 5.63. The molecule has 0 aromatic rings. The fourth-order valence-corrected chi connectivity index (χ4v) is 2.56. The van der Waals surface area contributed by atoms with Gasteiger partial charge in [-0.15, -0.1) is 0 Å². The fraction of sp³-hybridized carbons (Fsp3) is 0.929. The van der Waals surface area contributed by atoms with E-state index in [1.807, 2.05) is 0 Å². The smallest absolute Gasteiger partial charge is 0.191 e. The molecule has 0 radical (unpaired) electrons. The van der Waals surface area contributed by atoms with E-state index in [0.717, 1.165) is 18.4 Å². The third kappa shape index (κ3) is 3.90. The van der Waals surface area contributed by atoms with Crippen molar-refractivity contribution in [1.29, 1.82) is 0 Å². The van der Waals surface area contributed by atoms with Gasteiger partial charge in [0.2, 0.25) is 0 Å². The average Bonchev–Trinajstić information content (AvgIpc) is 2.97. The highest BCUT2D eigenvalue weighted by molar-refractivity contribution is 5.79. The van der Waals surface area contributed by atoms with Crippen molar-refractivity contribution in [2.45, 2.75) is 70.9 Å². The molecule has 2 saturated carbocycles. The normalized spacial score (nSPS) is 22.4. The lowest BCUT2D eigenvalue weighted by molar-refractivity contribution is 0.366. The van der Waals surface area contributed by atoms with E-state index < -0.39 is 0 Å². The van der Waals surface area contributed by atoms with Gasteiger partial charge in [0, 0.05) is 12.6 Å². The van der Waals surface area contributed by atoms with Crippen LogP contribution in [0.15, 0.2) is 4.99 Å². The maximum atomic E-state index is 6.20. The first-order valence-electron chi connectivity index (χ1n) is 7.26. The summed E-state index contributed by atoms with van der Waals surface area (Å²) in [5, 5.41) is 0. The number of hydrogen-bond acceptors (Lipinski definition) is 1. The van der Waals surface area contributed by atoms with Gasteiger partial charge in [0.1, 0.15) is 0 Å². The lowest BCUT2D eigenvalue weighted by atomic mass is 10.1. The first-order chi connectivity index (χ1) is 8.16. The topological polar surface area (TPSA) is 41.6 Å². The number of nitrogens with zero attached hydrogens (tertiary/aromatic N) is 2. The highest BCUT2D eigenvalue weighted by Crippen LogP contribution is 2.28. The molecule has 0 saturated heterocycles. The minimum atomic E-state index is 0.510. The van der Waals surface area contributed by atoms with Crippen LogP contribution in [0.2, 0.25) is 0 Å². The van der Waals surface area contributed by atoms with E-state index in [4.69, 9.17) is 10.7 Å². The Morgan fingerprint density at radius 1 is 1.24 bits per heavy atom. The number of aliphatic imine (C=N–C) groups is 1. The summed E-state index contributed by atoms with van der Waals surface area (Å²) < 4.78 is 0. The molecule has 98 valence electrons. The zero-order valence-corrected chi connectivity index (χ0v) is 11.4. The lowest BCUT2D eigenvalue weighted by Crippen LogP contribution is -2.40. The van der Waals surface area contributed by atoms with Gasteiger partial charge in [-0.05, 0) is 38.0 Å². The van der Waals surface area contributed by atoms with Crippen molar-refractivity contribution in [3.05, 3.63) is 0 Å². The lowest BCUT2D eigenvalue weighted by Gasteiger charge is -2.25. The van der Waals surface area contributed by atoms with Crippen LogP contribution in [-0.2, 0) is 0 Å². The Bertz CT molecular complexity index is 263. The standard InChI is InChI=1S/C14H27N3/c1-11(2)9-10-17(13-7-8-13)14(15)16-12-5-3-4-6-12/h11-13H,3-10H2,1-2H3,(H2,15,16). The molecule has 0 amide bonds. The monoisotopic (exact) mass is 237 g/mol. The van der Waals surface area contributed by atoms with Crippen molar-refractivity contribution in [2.75, 3.05) is 6.54 Å². The highest BCUT2D eigenvalue weighted by atomic mass is 15.3. The van der Waals surface area contributed by atoms with E-state index in [-0.39, 0.29) is 0 Å². The minimum absolute atomic E-state index is 0.510. The van der Waals surface area contributed by atoms with Gasteiger partial charge in [-0.2, -0.15) is 0 Å². The molecule has 0 aromatic heterocycles. The summed E-state index contributed by atoms with van der Waals surface area (Å²) in [5.41, 5.74) is 6.20. The number of rotatable bonds is 5. The molecule has 0 heterocycles. The summed E-state index contributed by atoms with van der Waals surface area (Å²) in [6.07, 6.45) is 8.97. The van der Waals surface area contributed by atoms with Crippen molar-refractivity contribution in [3.8, 4) is 0 Å². The molecule has 3 nitrogen and oxygen atoms in total. The van der Waals surface area contributed by atoms with Gasteiger partial charge in [0.15, 0.2) is 5.96 Å². The number of hydrogen-bond donors (Lipinski definition) is 1. The minimum Gasteiger partial charge on any atom is -0.370 e. The van der Waals surface area contributed by atoms with Gasteiger partial charge in [-0.3, -0.25) is 0 Å².